The molecule has 1 aliphatic rings. The van der Waals surface area contributed by atoms with E-state index in [2.05, 4.69) is 4.98 Å². The molecule has 8 nitrogen and oxygen atoms in total. The molecule has 0 aliphatic heterocycles. The molecule has 0 bridgehead atoms. The average Bonchev–Trinajstić information content (AvgIpc) is 2.72. The van der Waals surface area contributed by atoms with Gasteiger partial charge in [0, 0.05) is 27.7 Å². The molecule has 8 heteroatoms. The van der Waals surface area contributed by atoms with Crippen LogP contribution in [0.15, 0.2) is 60.7 Å². The van der Waals surface area contributed by atoms with Gasteiger partial charge in [-0.25, -0.2) is 4.98 Å². The van der Waals surface area contributed by atoms with Crippen molar-refractivity contribution < 1.29 is 9.85 Å². The molecule has 4 rings (SSSR count). The van der Waals surface area contributed by atoms with Crippen LogP contribution in [-0.4, -0.2) is 14.8 Å². The van der Waals surface area contributed by atoms with Crippen molar-refractivity contribution in [3.63, 3.8) is 0 Å². The Morgan fingerprint density at radius 1 is 0.967 bits per heavy atom. The van der Waals surface area contributed by atoms with Gasteiger partial charge in [0.25, 0.3) is 12.2 Å². The maximum Gasteiger partial charge on any atom is 0.298 e. The second kappa shape index (κ2) is 7.64. The predicted octanol–water partition coefficient (Wildman–Crippen LogP) is 4.44. The molecule has 1 aliphatic carbocycles. The maximum absolute atomic E-state index is 11.6. The number of benzene rings is 2. The van der Waals surface area contributed by atoms with E-state index in [9.17, 15) is 20.2 Å². The molecule has 2 N–H and O–H groups in total. The maximum atomic E-state index is 11.6. The summed E-state index contributed by atoms with van der Waals surface area (Å²) in [5.41, 5.74) is 9.08. The first-order valence-corrected chi connectivity index (χ1v) is 9.63. The number of nitrogens with two attached hydrogens (primary N) is 1. The number of rotatable bonds is 6. The van der Waals surface area contributed by atoms with Gasteiger partial charge < -0.3 is 5.73 Å². The third-order valence-corrected chi connectivity index (χ3v) is 5.62. The summed E-state index contributed by atoms with van der Waals surface area (Å²) < 4.78 is 0. The summed E-state index contributed by atoms with van der Waals surface area (Å²) in [6.07, 6.45) is 2.97. The van der Waals surface area contributed by atoms with Crippen LogP contribution in [0.5, 0.6) is 0 Å². The molecular weight excluding hydrogens is 384 g/mol. The van der Waals surface area contributed by atoms with Gasteiger partial charge in [-0.1, -0.05) is 54.6 Å². The first-order valence-electron chi connectivity index (χ1n) is 9.63. The minimum absolute atomic E-state index is 0.168. The Hall–Kier alpha value is -3.65. The van der Waals surface area contributed by atoms with E-state index in [1.807, 2.05) is 54.6 Å². The summed E-state index contributed by atoms with van der Waals surface area (Å²) in [6, 6.07) is 18.2. The molecule has 0 saturated heterocycles. The zero-order valence-corrected chi connectivity index (χ0v) is 16.2. The summed E-state index contributed by atoms with van der Waals surface area (Å²) in [7, 11) is 0. The number of nitrogens with zero attached hydrogens (tertiary/aromatic N) is 3. The van der Waals surface area contributed by atoms with Crippen LogP contribution in [0.1, 0.15) is 30.5 Å². The third-order valence-electron chi connectivity index (χ3n) is 5.62. The molecule has 1 aromatic heterocycles. The summed E-state index contributed by atoms with van der Waals surface area (Å²) in [5, 5.41) is 22.6. The lowest BCUT2D eigenvalue weighted by atomic mass is 9.72. The highest BCUT2D eigenvalue weighted by Gasteiger charge is 2.34. The third kappa shape index (κ3) is 3.65. The molecular formula is C22H20N4O4. The Balaban J connectivity index is 1.88. The van der Waals surface area contributed by atoms with Gasteiger partial charge in [0.2, 0.25) is 0 Å². The Labute approximate surface area is 172 Å². The topological polar surface area (TPSA) is 125 Å². The largest absolute Gasteiger partial charge is 0.321 e. The van der Waals surface area contributed by atoms with Gasteiger partial charge in [-0.3, -0.25) is 20.2 Å². The Kier molecular flexibility index (Phi) is 5.01. The lowest BCUT2D eigenvalue weighted by Gasteiger charge is -2.38. The lowest BCUT2D eigenvalue weighted by Crippen LogP contribution is -2.43. The Morgan fingerprint density at radius 3 is 2.17 bits per heavy atom. The minimum atomic E-state index is -0.720. The van der Waals surface area contributed by atoms with Crippen molar-refractivity contribution in [3.8, 4) is 22.4 Å². The molecule has 0 unspecified atom stereocenters. The van der Waals surface area contributed by atoms with E-state index in [1.54, 1.807) is 0 Å². The summed E-state index contributed by atoms with van der Waals surface area (Å²) >= 11 is 0. The van der Waals surface area contributed by atoms with Crippen LogP contribution in [0.25, 0.3) is 22.4 Å². The minimum Gasteiger partial charge on any atom is -0.321 e. The van der Waals surface area contributed by atoms with Crippen LogP contribution in [0.3, 0.4) is 0 Å². The van der Waals surface area contributed by atoms with Crippen molar-refractivity contribution in [1.82, 2.24) is 4.98 Å². The Morgan fingerprint density at radius 2 is 1.63 bits per heavy atom. The van der Waals surface area contributed by atoms with E-state index >= 15 is 0 Å². The fourth-order valence-corrected chi connectivity index (χ4v) is 3.80. The molecule has 3 aromatic rings. The second-order valence-corrected chi connectivity index (χ2v) is 7.55. The van der Waals surface area contributed by atoms with Crippen LogP contribution < -0.4 is 5.73 Å². The smallest absolute Gasteiger partial charge is 0.298 e. The van der Waals surface area contributed by atoms with Gasteiger partial charge in [-0.2, -0.15) is 0 Å². The highest BCUT2D eigenvalue weighted by Crippen LogP contribution is 2.40. The van der Waals surface area contributed by atoms with Crippen LogP contribution in [0, 0.1) is 20.2 Å². The van der Waals surface area contributed by atoms with Crippen LogP contribution in [-0.2, 0) is 12.1 Å². The molecule has 0 amide bonds. The van der Waals surface area contributed by atoms with E-state index in [-0.39, 0.29) is 16.9 Å². The highest BCUT2D eigenvalue weighted by atomic mass is 16.6. The highest BCUT2D eigenvalue weighted by molar-refractivity contribution is 5.82. The summed E-state index contributed by atoms with van der Waals surface area (Å²) in [6.45, 7) is -0.720. The summed E-state index contributed by atoms with van der Waals surface area (Å²) in [5.74, 6) is 0. The number of nitro groups is 2. The second-order valence-electron chi connectivity index (χ2n) is 7.55. The van der Waals surface area contributed by atoms with Gasteiger partial charge >= 0.3 is 0 Å². The fourth-order valence-electron chi connectivity index (χ4n) is 3.80. The molecule has 152 valence electrons. The van der Waals surface area contributed by atoms with Crippen LogP contribution >= 0.6 is 0 Å². The molecule has 0 radical (unpaired) electrons. The zero-order valence-electron chi connectivity index (χ0n) is 16.2. The standard InChI is InChI=1S/C22H20N4O4/c23-22(11-4-12-22)17-9-7-16(8-10-17)21-18(15-5-2-1-3-6-15)13-20(26(29)30)19(24-21)14-25(27)28/h1-3,5-10,13H,4,11-12,14,23H2. The monoisotopic (exact) mass is 404 g/mol. The van der Waals surface area contributed by atoms with E-state index in [0.29, 0.717) is 11.3 Å². The number of pyridine rings is 1. The predicted molar refractivity (Wildman–Crippen MR) is 112 cm³/mol. The number of hydrogen-bond donors (Lipinski definition) is 1. The van der Waals surface area contributed by atoms with E-state index in [0.717, 1.165) is 36.0 Å². The molecule has 30 heavy (non-hydrogen) atoms. The molecule has 2 aromatic carbocycles. The van der Waals surface area contributed by atoms with Crippen molar-refractivity contribution in [2.24, 2.45) is 5.73 Å². The van der Waals surface area contributed by atoms with Gasteiger partial charge in [0.15, 0.2) is 5.69 Å². The van der Waals surface area contributed by atoms with Crippen molar-refractivity contribution in [2.45, 2.75) is 31.3 Å². The van der Waals surface area contributed by atoms with Crippen molar-refractivity contribution in [2.75, 3.05) is 0 Å². The Bertz CT molecular complexity index is 1110. The van der Waals surface area contributed by atoms with Crippen molar-refractivity contribution in [3.05, 3.63) is 92.1 Å². The quantitative estimate of drug-likeness (QED) is 0.478. The molecule has 1 heterocycles. The first kappa shape index (κ1) is 19.7. The van der Waals surface area contributed by atoms with Crippen LogP contribution in [0.2, 0.25) is 0 Å². The van der Waals surface area contributed by atoms with E-state index in [4.69, 9.17) is 5.73 Å². The van der Waals surface area contributed by atoms with Crippen LogP contribution in [0.4, 0.5) is 5.69 Å². The van der Waals surface area contributed by atoms with Crippen molar-refractivity contribution >= 4 is 5.69 Å². The van der Waals surface area contributed by atoms with Crippen molar-refractivity contribution in [1.29, 1.82) is 0 Å². The van der Waals surface area contributed by atoms with Gasteiger partial charge in [0.1, 0.15) is 0 Å². The van der Waals surface area contributed by atoms with Gasteiger partial charge in [-0.15, -0.1) is 0 Å². The molecule has 1 fully saturated rings. The average molecular weight is 404 g/mol. The number of hydrogen-bond acceptors (Lipinski definition) is 6. The lowest BCUT2D eigenvalue weighted by molar-refractivity contribution is -0.499. The zero-order chi connectivity index (χ0) is 21.3. The summed E-state index contributed by atoms with van der Waals surface area (Å²) in [4.78, 5) is 25.8. The SMILES string of the molecule is NC1(c2ccc(-c3nc(C[N+](=O)[O-])c([N+](=O)[O-])cc3-c3ccccc3)cc2)CCC1. The molecule has 1 saturated carbocycles. The molecule has 0 spiro atoms. The molecule has 0 atom stereocenters. The van der Waals surface area contributed by atoms with Gasteiger partial charge in [-0.05, 0) is 30.4 Å². The van der Waals surface area contributed by atoms with Gasteiger partial charge in [0.05, 0.1) is 10.6 Å². The normalized spacial score (nSPS) is 14.7. The van der Waals surface area contributed by atoms with E-state index in [1.165, 1.54) is 6.07 Å². The van der Waals surface area contributed by atoms with E-state index < -0.39 is 16.4 Å². The first-order chi connectivity index (χ1) is 14.4. The fraction of sp³-hybridized carbons (Fsp3) is 0.227. The number of aromatic nitrogens is 1.